The highest BCUT2D eigenvalue weighted by Gasteiger charge is 2.22. The van der Waals surface area contributed by atoms with E-state index in [0.29, 0.717) is 28.7 Å². The molecule has 0 aliphatic carbocycles. The third-order valence-corrected chi connectivity index (χ3v) is 6.75. The number of rotatable bonds is 7. The van der Waals surface area contributed by atoms with Crippen molar-refractivity contribution in [1.29, 1.82) is 0 Å². The van der Waals surface area contributed by atoms with E-state index in [1.54, 1.807) is 7.11 Å². The molecule has 1 N–H and O–H groups in total. The van der Waals surface area contributed by atoms with Crippen molar-refractivity contribution in [1.82, 2.24) is 14.8 Å². The Morgan fingerprint density at radius 1 is 1.06 bits per heavy atom. The summed E-state index contributed by atoms with van der Waals surface area (Å²) in [4.78, 5) is 13.1. The van der Waals surface area contributed by atoms with Crippen LogP contribution in [0.4, 0.5) is 5.69 Å². The van der Waals surface area contributed by atoms with Crippen LogP contribution in [0.1, 0.15) is 13.8 Å². The number of carbonyl (C=O) groups is 1. The molecule has 2 heterocycles. The van der Waals surface area contributed by atoms with Gasteiger partial charge < -0.3 is 19.0 Å². The molecule has 0 radical (unpaired) electrons. The number of furan rings is 1. The highest BCUT2D eigenvalue weighted by molar-refractivity contribution is 8.00. The van der Waals surface area contributed by atoms with Crippen molar-refractivity contribution in [3.05, 3.63) is 66.7 Å². The first-order chi connectivity index (χ1) is 16.6. The van der Waals surface area contributed by atoms with E-state index in [4.69, 9.17) is 9.15 Å². The van der Waals surface area contributed by atoms with Crippen molar-refractivity contribution < 1.29 is 13.9 Å². The maximum atomic E-state index is 13.1. The second-order valence-electron chi connectivity index (χ2n) is 7.81. The Balaban J connectivity index is 1.38. The lowest BCUT2D eigenvalue weighted by atomic mass is 10.1. The Morgan fingerprint density at radius 2 is 1.82 bits per heavy atom. The molecule has 0 saturated carbocycles. The van der Waals surface area contributed by atoms with Gasteiger partial charge in [0.15, 0.2) is 11.0 Å². The third kappa shape index (κ3) is 4.01. The Bertz CT molecular complexity index is 1480. The van der Waals surface area contributed by atoms with Gasteiger partial charge in [-0.1, -0.05) is 60.3 Å². The summed E-state index contributed by atoms with van der Waals surface area (Å²) in [5.41, 5.74) is 3.04. The number of hydrogen-bond acceptors (Lipinski definition) is 6. The highest BCUT2D eigenvalue weighted by atomic mass is 32.2. The molecule has 2 aromatic heterocycles. The number of nitrogens with zero attached hydrogens (tertiary/aromatic N) is 3. The minimum absolute atomic E-state index is 0.161. The van der Waals surface area contributed by atoms with Crippen LogP contribution in [0.15, 0.2) is 76.3 Å². The molecule has 0 saturated heterocycles. The topological polar surface area (TPSA) is 82.2 Å². The molecule has 8 heteroatoms. The van der Waals surface area contributed by atoms with Crippen molar-refractivity contribution in [3.63, 3.8) is 0 Å². The Morgan fingerprint density at radius 3 is 2.59 bits per heavy atom. The smallest absolute Gasteiger partial charge is 0.237 e. The molecule has 0 bridgehead atoms. The van der Waals surface area contributed by atoms with Gasteiger partial charge in [0.05, 0.1) is 18.0 Å². The Hall–Kier alpha value is -3.78. The van der Waals surface area contributed by atoms with E-state index in [2.05, 4.69) is 15.5 Å². The van der Waals surface area contributed by atoms with Crippen LogP contribution in [0.25, 0.3) is 33.3 Å². The number of nitrogens with one attached hydrogen (secondary N) is 1. The summed E-state index contributed by atoms with van der Waals surface area (Å²) in [7, 11) is 1.59. The number of fused-ring (bicyclic) bond motifs is 3. The fourth-order valence-corrected chi connectivity index (χ4v) is 4.84. The molecular weight excluding hydrogens is 448 g/mol. The van der Waals surface area contributed by atoms with E-state index in [9.17, 15) is 4.79 Å². The van der Waals surface area contributed by atoms with E-state index < -0.39 is 5.25 Å². The summed E-state index contributed by atoms with van der Waals surface area (Å²) < 4.78 is 13.6. The molecule has 5 rings (SSSR count). The molecule has 3 aromatic carbocycles. The summed E-state index contributed by atoms with van der Waals surface area (Å²) in [6.45, 7) is 4.59. The van der Waals surface area contributed by atoms with Gasteiger partial charge in [-0.3, -0.25) is 4.79 Å². The van der Waals surface area contributed by atoms with Crippen molar-refractivity contribution >= 4 is 45.3 Å². The first-order valence-electron chi connectivity index (χ1n) is 11.0. The number of methoxy groups -OCH3 is 1. The van der Waals surface area contributed by atoms with Gasteiger partial charge in [0, 0.05) is 28.9 Å². The van der Waals surface area contributed by atoms with Crippen molar-refractivity contribution in [2.24, 2.45) is 0 Å². The van der Waals surface area contributed by atoms with Crippen LogP contribution in [0.2, 0.25) is 0 Å². The number of thioether (sulfide) groups is 1. The predicted molar refractivity (Wildman–Crippen MR) is 135 cm³/mol. The highest BCUT2D eigenvalue weighted by Crippen LogP contribution is 2.37. The molecule has 0 aliphatic rings. The Kier molecular flexibility index (Phi) is 5.98. The van der Waals surface area contributed by atoms with Gasteiger partial charge in [-0.25, -0.2) is 0 Å². The van der Waals surface area contributed by atoms with E-state index in [1.165, 1.54) is 11.8 Å². The van der Waals surface area contributed by atoms with Crippen LogP contribution in [-0.2, 0) is 11.3 Å². The lowest BCUT2D eigenvalue weighted by molar-refractivity contribution is -0.115. The lowest BCUT2D eigenvalue weighted by Gasteiger charge is -2.14. The van der Waals surface area contributed by atoms with Crippen LogP contribution >= 0.6 is 11.8 Å². The average Bonchev–Trinajstić information content (AvgIpc) is 3.44. The first kappa shape index (κ1) is 22.0. The number of amides is 1. The maximum Gasteiger partial charge on any atom is 0.237 e. The summed E-state index contributed by atoms with van der Waals surface area (Å²) >= 11 is 1.37. The van der Waals surface area contributed by atoms with Crippen LogP contribution in [0.3, 0.4) is 0 Å². The number of ether oxygens (including phenoxy) is 1. The monoisotopic (exact) mass is 472 g/mol. The molecule has 1 atom stereocenters. The fraction of sp³-hybridized carbons (Fsp3) is 0.192. The van der Waals surface area contributed by atoms with Gasteiger partial charge in [-0.15, -0.1) is 10.2 Å². The molecule has 0 spiro atoms. The molecule has 7 nitrogen and oxygen atoms in total. The predicted octanol–water partition coefficient (Wildman–Crippen LogP) is 5.99. The van der Waals surface area contributed by atoms with Crippen molar-refractivity contribution in [3.8, 4) is 17.1 Å². The first-order valence-corrected chi connectivity index (χ1v) is 11.9. The molecule has 0 fully saturated rings. The van der Waals surface area contributed by atoms with E-state index >= 15 is 0 Å². The second kappa shape index (κ2) is 9.23. The number of anilines is 1. The molecule has 5 aromatic rings. The van der Waals surface area contributed by atoms with Crippen molar-refractivity contribution in [2.45, 2.75) is 30.8 Å². The number of benzene rings is 3. The lowest BCUT2D eigenvalue weighted by Crippen LogP contribution is -2.23. The van der Waals surface area contributed by atoms with E-state index in [1.807, 2.05) is 85.1 Å². The standard InChI is InChI=1S/C26H24N4O3S/c1-4-30-24(17-10-6-5-7-11-17)28-29-26(30)34-16(2)25(31)27-20-15-22-19(14-23(20)32-3)18-12-8-9-13-21(18)33-22/h5-16H,4H2,1-3H3,(H,27,31)/t16-/m0/s1. The minimum atomic E-state index is -0.408. The van der Waals surface area contributed by atoms with Crippen LogP contribution < -0.4 is 10.1 Å². The summed E-state index contributed by atoms with van der Waals surface area (Å²) in [5, 5.41) is 13.9. The quantitative estimate of drug-likeness (QED) is 0.293. The summed E-state index contributed by atoms with van der Waals surface area (Å²) in [5.74, 6) is 1.20. The summed E-state index contributed by atoms with van der Waals surface area (Å²) in [6, 6.07) is 21.5. The largest absolute Gasteiger partial charge is 0.495 e. The van der Waals surface area contributed by atoms with Crippen LogP contribution in [0, 0.1) is 0 Å². The maximum absolute atomic E-state index is 13.1. The minimum Gasteiger partial charge on any atom is -0.495 e. The SMILES string of the molecule is CCn1c(S[C@@H](C)C(=O)Nc2cc3oc4ccccc4c3cc2OC)nnc1-c1ccccc1. The fourth-order valence-electron chi connectivity index (χ4n) is 3.93. The number of aromatic nitrogens is 3. The zero-order valence-corrected chi connectivity index (χ0v) is 19.9. The number of hydrogen-bond donors (Lipinski definition) is 1. The van der Waals surface area contributed by atoms with Gasteiger partial charge >= 0.3 is 0 Å². The van der Waals surface area contributed by atoms with E-state index in [0.717, 1.165) is 27.7 Å². The molecule has 1 amide bonds. The normalized spacial score (nSPS) is 12.2. The Labute approximate surface area is 201 Å². The zero-order chi connectivity index (χ0) is 23.7. The van der Waals surface area contributed by atoms with E-state index in [-0.39, 0.29) is 5.91 Å². The average molecular weight is 473 g/mol. The summed E-state index contributed by atoms with van der Waals surface area (Å²) in [6.07, 6.45) is 0. The van der Waals surface area contributed by atoms with Gasteiger partial charge in [-0.2, -0.15) is 0 Å². The van der Waals surface area contributed by atoms with Gasteiger partial charge in [0.1, 0.15) is 16.9 Å². The molecule has 0 unspecified atom stereocenters. The van der Waals surface area contributed by atoms with Gasteiger partial charge in [-0.05, 0) is 26.0 Å². The second-order valence-corrected chi connectivity index (χ2v) is 9.12. The van der Waals surface area contributed by atoms with Gasteiger partial charge in [0.2, 0.25) is 5.91 Å². The van der Waals surface area contributed by atoms with Gasteiger partial charge in [0.25, 0.3) is 0 Å². The van der Waals surface area contributed by atoms with Crippen molar-refractivity contribution in [2.75, 3.05) is 12.4 Å². The molecule has 172 valence electrons. The number of para-hydroxylation sites is 1. The van der Waals surface area contributed by atoms with Crippen LogP contribution in [-0.4, -0.2) is 33.0 Å². The molecule has 0 aliphatic heterocycles. The zero-order valence-electron chi connectivity index (χ0n) is 19.1. The third-order valence-electron chi connectivity index (χ3n) is 5.67. The number of carbonyl (C=O) groups excluding carboxylic acids is 1. The molecule has 34 heavy (non-hydrogen) atoms. The van der Waals surface area contributed by atoms with Crippen LogP contribution in [0.5, 0.6) is 5.75 Å². The molecular formula is C26H24N4O3S.